The van der Waals surface area contributed by atoms with Crippen molar-refractivity contribution in [2.45, 2.75) is 38.0 Å². The summed E-state index contributed by atoms with van der Waals surface area (Å²) in [6.07, 6.45) is 6.80. The highest BCUT2D eigenvalue weighted by Gasteiger charge is 2.25. The molecule has 1 aliphatic carbocycles. The summed E-state index contributed by atoms with van der Waals surface area (Å²) in [6, 6.07) is 6.71. The summed E-state index contributed by atoms with van der Waals surface area (Å²) in [4.78, 5) is 2.65. The van der Waals surface area contributed by atoms with Gasteiger partial charge >= 0.3 is 0 Å². The Balaban J connectivity index is 1.83. The van der Waals surface area contributed by atoms with Gasteiger partial charge in [-0.25, -0.2) is 0 Å². The first-order chi connectivity index (χ1) is 8.34. The normalized spacial score (nSPS) is 24.9. The van der Waals surface area contributed by atoms with Gasteiger partial charge in [0.25, 0.3) is 0 Å². The van der Waals surface area contributed by atoms with E-state index in [9.17, 15) is 0 Å². The van der Waals surface area contributed by atoms with Crippen molar-refractivity contribution >= 4 is 15.9 Å². The Morgan fingerprint density at radius 1 is 1.18 bits per heavy atom. The summed E-state index contributed by atoms with van der Waals surface area (Å²) in [6.45, 7) is 3.90. The van der Waals surface area contributed by atoms with E-state index < -0.39 is 0 Å². The summed E-state index contributed by atoms with van der Waals surface area (Å²) in [7, 11) is 0. The molecule has 0 saturated carbocycles. The molecule has 1 atom stereocenters. The fourth-order valence-electron chi connectivity index (χ4n) is 3.40. The second kappa shape index (κ2) is 5.11. The molecule has 1 aromatic carbocycles. The van der Waals surface area contributed by atoms with Crippen molar-refractivity contribution in [3.63, 3.8) is 0 Å². The largest absolute Gasteiger partial charge is 0.303 e. The minimum atomic E-state index is 0.757. The lowest BCUT2D eigenvalue weighted by atomic mass is 9.82. The van der Waals surface area contributed by atoms with Gasteiger partial charge in [-0.1, -0.05) is 28.1 Å². The van der Waals surface area contributed by atoms with Crippen LogP contribution in [0.25, 0.3) is 0 Å². The van der Waals surface area contributed by atoms with Gasteiger partial charge in [0, 0.05) is 11.0 Å². The molecule has 1 nitrogen and oxygen atoms in total. The second-order valence-corrected chi connectivity index (χ2v) is 6.26. The van der Waals surface area contributed by atoms with Crippen molar-refractivity contribution in [1.82, 2.24) is 4.90 Å². The Morgan fingerprint density at radius 2 is 2.00 bits per heavy atom. The van der Waals surface area contributed by atoms with Crippen LogP contribution in [0.3, 0.4) is 0 Å². The standard InChI is InChI=1S/C15H20BrN/c16-14-8-4-6-12-5-3-7-13(15(12)14)11-17-9-1-2-10-17/h4,6,8,13H,1-3,5,7,9-11H2. The topological polar surface area (TPSA) is 3.24 Å². The monoisotopic (exact) mass is 293 g/mol. The van der Waals surface area contributed by atoms with E-state index in [-0.39, 0.29) is 0 Å². The highest BCUT2D eigenvalue weighted by atomic mass is 79.9. The van der Waals surface area contributed by atoms with E-state index in [1.807, 2.05) is 0 Å². The molecule has 2 heteroatoms. The van der Waals surface area contributed by atoms with Crippen LogP contribution >= 0.6 is 15.9 Å². The van der Waals surface area contributed by atoms with Gasteiger partial charge < -0.3 is 4.90 Å². The van der Waals surface area contributed by atoms with Gasteiger partial charge in [0.2, 0.25) is 0 Å². The average molecular weight is 294 g/mol. The molecule has 1 heterocycles. The number of benzene rings is 1. The first-order valence-electron chi connectivity index (χ1n) is 6.84. The SMILES string of the molecule is Brc1cccc2c1C(CN1CCCC1)CCC2. The van der Waals surface area contributed by atoms with Gasteiger partial charge in [0.05, 0.1) is 0 Å². The summed E-state index contributed by atoms with van der Waals surface area (Å²) >= 11 is 3.75. The van der Waals surface area contributed by atoms with Gasteiger partial charge in [-0.2, -0.15) is 0 Å². The van der Waals surface area contributed by atoms with Crippen molar-refractivity contribution in [2.24, 2.45) is 0 Å². The molecule has 0 N–H and O–H groups in total. The van der Waals surface area contributed by atoms with E-state index >= 15 is 0 Å². The number of rotatable bonds is 2. The van der Waals surface area contributed by atoms with Crippen LogP contribution in [0.2, 0.25) is 0 Å². The van der Waals surface area contributed by atoms with Crippen LogP contribution in [-0.2, 0) is 6.42 Å². The smallest absolute Gasteiger partial charge is 0.0213 e. The van der Waals surface area contributed by atoms with Crippen molar-refractivity contribution in [1.29, 1.82) is 0 Å². The lowest BCUT2D eigenvalue weighted by molar-refractivity contribution is 0.300. The number of aryl methyl sites for hydroxylation is 1. The number of fused-ring (bicyclic) bond motifs is 1. The Bertz CT molecular complexity index is 396. The first-order valence-corrected chi connectivity index (χ1v) is 7.63. The quantitative estimate of drug-likeness (QED) is 0.798. The predicted molar refractivity (Wildman–Crippen MR) is 75.5 cm³/mol. The Morgan fingerprint density at radius 3 is 2.82 bits per heavy atom. The third-order valence-corrected chi connectivity index (χ3v) is 4.92. The molecular formula is C15H20BrN. The number of halogens is 1. The molecule has 0 amide bonds. The number of hydrogen-bond acceptors (Lipinski definition) is 1. The fraction of sp³-hybridized carbons (Fsp3) is 0.600. The number of hydrogen-bond donors (Lipinski definition) is 0. The second-order valence-electron chi connectivity index (χ2n) is 5.41. The highest BCUT2D eigenvalue weighted by Crippen LogP contribution is 2.37. The maximum Gasteiger partial charge on any atom is 0.0213 e. The van der Waals surface area contributed by atoms with Gasteiger partial charge in [-0.05, 0) is 68.3 Å². The summed E-state index contributed by atoms with van der Waals surface area (Å²) in [5.74, 6) is 0.757. The molecule has 3 rings (SSSR count). The van der Waals surface area contributed by atoms with Crippen LogP contribution in [0.15, 0.2) is 22.7 Å². The molecule has 0 spiro atoms. The van der Waals surface area contributed by atoms with Crippen molar-refractivity contribution in [2.75, 3.05) is 19.6 Å². The van der Waals surface area contributed by atoms with E-state index in [0.29, 0.717) is 0 Å². The zero-order chi connectivity index (χ0) is 11.7. The lowest BCUT2D eigenvalue weighted by Gasteiger charge is -2.30. The molecule has 1 aliphatic heterocycles. The van der Waals surface area contributed by atoms with Crippen LogP contribution in [-0.4, -0.2) is 24.5 Å². The third-order valence-electron chi connectivity index (χ3n) is 4.23. The maximum absolute atomic E-state index is 3.75. The van der Waals surface area contributed by atoms with Gasteiger partial charge in [-0.15, -0.1) is 0 Å². The zero-order valence-corrected chi connectivity index (χ0v) is 11.9. The molecular weight excluding hydrogens is 274 g/mol. The molecule has 0 radical (unpaired) electrons. The van der Waals surface area contributed by atoms with E-state index in [1.54, 1.807) is 11.1 Å². The molecule has 17 heavy (non-hydrogen) atoms. The van der Waals surface area contributed by atoms with Crippen LogP contribution in [0.1, 0.15) is 42.7 Å². The first kappa shape index (κ1) is 11.7. The molecule has 0 aromatic heterocycles. The molecule has 1 fully saturated rings. The molecule has 1 unspecified atom stereocenters. The summed E-state index contributed by atoms with van der Waals surface area (Å²) in [5.41, 5.74) is 3.18. The van der Waals surface area contributed by atoms with Crippen LogP contribution in [0.4, 0.5) is 0 Å². The van der Waals surface area contributed by atoms with Crippen molar-refractivity contribution in [3.8, 4) is 0 Å². The Hall–Kier alpha value is -0.340. The lowest BCUT2D eigenvalue weighted by Crippen LogP contribution is -2.27. The highest BCUT2D eigenvalue weighted by molar-refractivity contribution is 9.10. The molecule has 1 saturated heterocycles. The summed E-state index contributed by atoms with van der Waals surface area (Å²) in [5, 5.41) is 0. The van der Waals surface area contributed by atoms with E-state index in [4.69, 9.17) is 0 Å². The maximum atomic E-state index is 3.75. The van der Waals surface area contributed by atoms with Crippen molar-refractivity contribution < 1.29 is 0 Å². The van der Waals surface area contributed by atoms with Gasteiger partial charge in [-0.3, -0.25) is 0 Å². The van der Waals surface area contributed by atoms with E-state index in [1.165, 1.54) is 56.2 Å². The van der Waals surface area contributed by atoms with Crippen LogP contribution in [0, 0.1) is 0 Å². The van der Waals surface area contributed by atoms with E-state index in [0.717, 1.165) is 5.92 Å². The zero-order valence-electron chi connectivity index (χ0n) is 10.3. The molecule has 0 bridgehead atoms. The molecule has 2 aliphatic rings. The molecule has 1 aromatic rings. The van der Waals surface area contributed by atoms with E-state index in [2.05, 4.69) is 39.0 Å². The number of likely N-dealkylation sites (tertiary alicyclic amines) is 1. The average Bonchev–Trinajstić information content (AvgIpc) is 2.82. The van der Waals surface area contributed by atoms with Gasteiger partial charge in [0.1, 0.15) is 0 Å². The summed E-state index contributed by atoms with van der Waals surface area (Å²) < 4.78 is 1.33. The predicted octanol–water partition coefficient (Wildman–Crippen LogP) is 3.96. The molecule has 92 valence electrons. The minimum Gasteiger partial charge on any atom is -0.303 e. The fourth-order valence-corrected chi connectivity index (χ4v) is 4.13. The van der Waals surface area contributed by atoms with Crippen molar-refractivity contribution in [3.05, 3.63) is 33.8 Å². The van der Waals surface area contributed by atoms with Crippen LogP contribution in [0.5, 0.6) is 0 Å². The number of nitrogens with zero attached hydrogens (tertiary/aromatic N) is 1. The Kier molecular flexibility index (Phi) is 3.53. The minimum absolute atomic E-state index is 0.757. The third kappa shape index (κ3) is 2.43. The Labute approximate surface area is 112 Å². The van der Waals surface area contributed by atoms with Crippen LogP contribution < -0.4 is 0 Å². The van der Waals surface area contributed by atoms with Gasteiger partial charge in [0.15, 0.2) is 0 Å².